The highest BCUT2D eigenvalue weighted by Crippen LogP contribution is 2.17. The number of carbonyl (C=O) groups is 1. The third-order valence-electron chi connectivity index (χ3n) is 2.35. The first-order valence-corrected chi connectivity index (χ1v) is 5.93. The van der Waals surface area contributed by atoms with E-state index in [2.05, 4.69) is 0 Å². The van der Waals surface area contributed by atoms with E-state index in [-0.39, 0.29) is 11.2 Å². The highest BCUT2D eigenvalue weighted by molar-refractivity contribution is 7.83. The smallest absolute Gasteiger partial charge is 0.123 e. The van der Waals surface area contributed by atoms with Crippen molar-refractivity contribution < 1.29 is 9.00 Å². The Morgan fingerprint density at radius 3 is 2.31 bits per heavy atom. The molecule has 1 aliphatic heterocycles. The van der Waals surface area contributed by atoms with E-state index in [9.17, 15) is 9.00 Å². The molecule has 0 aromatic carbocycles. The molecule has 1 atom stereocenters. The third-order valence-corrected chi connectivity index (χ3v) is 4.03. The van der Waals surface area contributed by atoms with Crippen LogP contribution in [0.4, 0.5) is 0 Å². The molecular formula is C9H17NO2S. The second-order valence-corrected chi connectivity index (χ2v) is 5.74. The molecule has 13 heavy (non-hydrogen) atoms. The molecule has 0 bridgehead atoms. The minimum atomic E-state index is -0.858. The van der Waals surface area contributed by atoms with Crippen molar-refractivity contribution in [1.29, 1.82) is 0 Å². The van der Waals surface area contributed by atoms with E-state index in [1.54, 1.807) is 0 Å². The predicted molar refractivity (Wildman–Crippen MR) is 53.6 cm³/mol. The molecule has 76 valence electrons. The largest absolute Gasteiger partial charge is 0.303 e. The lowest BCUT2D eigenvalue weighted by Crippen LogP contribution is -2.38. The van der Waals surface area contributed by atoms with Gasteiger partial charge in [0.15, 0.2) is 0 Å². The maximum absolute atomic E-state index is 11.6. The minimum absolute atomic E-state index is 0.188. The molecule has 1 aliphatic rings. The van der Waals surface area contributed by atoms with Crippen molar-refractivity contribution >= 4 is 17.3 Å². The fourth-order valence-corrected chi connectivity index (χ4v) is 2.66. The summed E-state index contributed by atoms with van der Waals surface area (Å²) >= 11 is 0. The minimum Gasteiger partial charge on any atom is -0.303 e. The van der Waals surface area contributed by atoms with Gasteiger partial charge < -0.3 is 4.79 Å². The molecule has 4 heteroatoms. The Kier molecular flexibility index (Phi) is 4.06. The fraction of sp³-hybridized carbons (Fsp3) is 0.889. The summed E-state index contributed by atoms with van der Waals surface area (Å²) in [6, 6.07) is 0. The zero-order valence-electron chi connectivity index (χ0n) is 8.23. The van der Waals surface area contributed by atoms with Gasteiger partial charge in [0.1, 0.15) is 6.29 Å². The Morgan fingerprint density at radius 2 is 1.92 bits per heavy atom. The monoisotopic (exact) mass is 203 g/mol. The Hall–Kier alpha value is -0.220. The van der Waals surface area contributed by atoms with E-state index in [0.717, 1.165) is 32.2 Å². The average Bonchev–Trinajstić information content (AvgIpc) is 2.17. The summed E-state index contributed by atoms with van der Waals surface area (Å²) in [5.74, 6) is 0.195. The number of rotatable bonds is 3. The Labute approximate surface area is 82.1 Å². The first-order valence-electron chi connectivity index (χ1n) is 4.76. The number of aldehydes is 1. The first kappa shape index (κ1) is 10.9. The molecule has 0 aliphatic carbocycles. The van der Waals surface area contributed by atoms with Gasteiger partial charge in [-0.25, -0.2) is 8.51 Å². The molecule has 0 aromatic heterocycles. The molecule has 1 saturated heterocycles. The van der Waals surface area contributed by atoms with Crippen molar-refractivity contribution in [3.05, 3.63) is 0 Å². The lowest BCUT2D eigenvalue weighted by atomic mass is 10.0. The van der Waals surface area contributed by atoms with Gasteiger partial charge in [-0.3, -0.25) is 0 Å². The molecule has 3 nitrogen and oxygen atoms in total. The van der Waals surface area contributed by atoms with Crippen LogP contribution < -0.4 is 0 Å². The van der Waals surface area contributed by atoms with E-state index in [1.807, 2.05) is 18.2 Å². The summed E-state index contributed by atoms with van der Waals surface area (Å²) in [5.41, 5.74) is 0. The van der Waals surface area contributed by atoms with Crippen molar-refractivity contribution in [2.75, 3.05) is 13.1 Å². The lowest BCUT2D eigenvalue weighted by Gasteiger charge is -2.29. The molecule has 0 radical (unpaired) electrons. The molecule has 0 aromatic rings. The maximum atomic E-state index is 11.6. The summed E-state index contributed by atoms with van der Waals surface area (Å²) in [7, 11) is -0.858. The third kappa shape index (κ3) is 2.88. The molecule has 0 spiro atoms. The summed E-state index contributed by atoms with van der Waals surface area (Å²) in [4.78, 5) is 10.5. The van der Waals surface area contributed by atoms with E-state index in [1.165, 1.54) is 0 Å². The maximum Gasteiger partial charge on any atom is 0.123 e. The van der Waals surface area contributed by atoms with Crippen molar-refractivity contribution in [1.82, 2.24) is 4.31 Å². The van der Waals surface area contributed by atoms with E-state index >= 15 is 0 Å². The summed E-state index contributed by atoms with van der Waals surface area (Å²) in [6.45, 7) is 5.52. The number of nitrogens with zero attached hydrogens (tertiary/aromatic N) is 1. The number of carbonyl (C=O) groups excluding carboxylic acids is 1. The topological polar surface area (TPSA) is 37.4 Å². The van der Waals surface area contributed by atoms with Crippen LogP contribution in [-0.2, 0) is 15.8 Å². The Morgan fingerprint density at radius 1 is 1.38 bits per heavy atom. The molecule has 1 heterocycles. The van der Waals surface area contributed by atoms with Crippen molar-refractivity contribution in [3.63, 3.8) is 0 Å². The molecule has 1 fully saturated rings. The first-order chi connectivity index (χ1) is 6.15. The molecule has 0 amide bonds. The van der Waals surface area contributed by atoms with Gasteiger partial charge in [-0.05, 0) is 26.7 Å². The highest BCUT2D eigenvalue weighted by atomic mass is 32.2. The van der Waals surface area contributed by atoms with E-state index in [4.69, 9.17) is 0 Å². The molecule has 1 unspecified atom stereocenters. The van der Waals surface area contributed by atoms with Crippen molar-refractivity contribution in [3.8, 4) is 0 Å². The van der Waals surface area contributed by atoms with Crippen LogP contribution in [0.3, 0.4) is 0 Å². The number of piperidine rings is 1. The number of hydrogen-bond donors (Lipinski definition) is 0. The Bertz CT molecular complexity index is 198. The van der Waals surface area contributed by atoms with Crippen LogP contribution in [-0.4, -0.2) is 33.1 Å². The zero-order valence-corrected chi connectivity index (χ0v) is 9.05. The molecule has 1 rings (SSSR count). The summed E-state index contributed by atoms with van der Waals surface area (Å²) < 4.78 is 13.6. The van der Waals surface area contributed by atoms with Gasteiger partial charge >= 0.3 is 0 Å². The van der Waals surface area contributed by atoms with Gasteiger partial charge in [0, 0.05) is 24.3 Å². The van der Waals surface area contributed by atoms with Gasteiger partial charge in [-0.1, -0.05) is 0 Å². The number of hydrogen-bond acceptors (Lipinski definition) is 2. The van der Waals surface area contributed by atoms with Gasteiger partial charge in [0.05, 0.1) is 11.0 Å². The SMILES string of the molecule is CC(C)S(=O)N1CCC(C=O)CC1. The van der Waals surface area contributed by atoms with E-state index < -0.39 is 11.0 Å². The summed E-state index contributed by atoms with van der Waals surface area (Å²) in [5, 5.41) is 0.188. The zero-order chi connectivity index (χ0) is 9.84. The van der Waals surface area contributed by atoms with Crippen LogP contribution in [0.2, 0.25) is 0 Å². The normalized spacial score (nSPS) is 23.3. The summed E-state index contributed by atoms with van der Waals surface area (Å²) in [6.07, 6.45) is 2.75. The standard InChI is InChI=1S/C9H17NO2S/c1-8(2)13(12)10-5-3-9(7-11)4-6-10/h7-9H,3-6H2,1-2H3. The van der Waals surface area contributed by atoms with Crippen LogP contribution in [0.1, 0.15) is 26.7 Å². The van der Waals surface area contributed by atoms with Crippen LogP contribution in [0.25, 0.3) is 0 Å². The molecule has 0 saturated carbocycles. The van der Waals surface area contributed by atoms with Gasteiger partial charge in [-0.15, -0.1) is 0 Å². The lowest BCUT2D eigenvalue weighted by molar-refractivity contribution is -0.112. The second kappa shape index (κ2) is 4.86. The molecule has 0 N–H and O–H groups in total. The van der Waals surface area contributed by atoms with Gasteiger partial charge in [0.25, 0.3) is 0 Å². The van der Waals surface area contributed by atoms with Crippen LogP contribution >= 0.6 is 0 Å². The average molecular weight is 203 g/mol. The van der Waals surface area contributed by atoms with Crippen LogP contribution in [0.5, 0.6) is 0 Å². The highest BCUT2D eigenvalue weighted by Gasteiger charge is 2.23. The fourth-order valence-electron chi connectivity index (χ4n) is 1.49. The second-order valence-electron chi connectivity index (χ2n) is 3.73. The molecular weight excluding hydrogens is 186 g/mol. The van der Waals surface area contributed by atoms with Crippen molar-refractivity contribution in [2.45, 2.75) is 31.9 Å². The van der Waals surface area contributed by atoms with Crippen molar-refractivity contribution in [2.24, 2.45) is 5.92 Å². The van der Waals surface area contributed by atoms with Gasteiger partial charge in [0.2, 0.25) is 0 Å². The predicted octanol–water partition coefficient (Wildman–Crippen LogP) is 0.969. The quantitative estimate of drug-likeness (QED) is 0.641. The Balaban J connectivity index is 2.40. The van der Waals surface area contributed by atoms with Gasteiger partial charge in [-0.2, -0.15) is 0 Å². The van der Waals surface area contributed by atoms with Crippen LogP contribution in [0.15, 0.2) is 0 Å². The van der Waals surface area contributed by atoms with Crippen LogP contribution in [0, 0.1) is 5.92 Å². The van der Waals surface area contributed by atoms with E-state index in [0.29, 0.717) is 0 Å².